The molecule has 2 amide bonds. The number of likely N-dealkylation sites (tertiary alicyclic amines) is 1. The normalized spacial score (nSPS) is 16.2. The summed E-state index contributed by atoms with van der Waals surface area (Å²) in [7, 11) is 0. The number of hydrogen-bond donors (Lipinski definition) is 1. The lowest BCUT2D eigenvalue weighted by molar-refractivity contribution is -0.121. The van der Waals surface area contributed by atoms with E-state index in [0.29, 0.717) is 41.6 Å². The molecule has 0 bridgehead atoms. The van der Waals surface area contributed by atoms with Crippen molar-refractivity contribution in [1.29, 1.82) is 0 Å². The minimum absolute atomic E-state index is 0.0981. The average molecular weight is 405 g/mol. The number of benzene rings is 1. The first-order chi connectivity index (χ1) is 14.6. The van der Waals surface area contributed by atoms with Crippen LogP contribution < -0.4 is 10.1 Å². The van der Waals surface area contributed by atoms with E-state index in [1.165, 1.54) is 6.26 Å². The standard InChI is InChI=1S/C23H23N3O4/c1-16-19(10-13-29-16)23(28)26-12-5-6-17(15-26)22(27)25-20-8-2-3-9-21(20)30-18-7-4-11-24-14-18/h2-4,7-11,13-14,17H,5-6,12,15H2,1H3,(H,25,27). The molecule has 1 aromatic carbocycles. The summed E-state index contributed by atoms with van der Waals surface area (Å²) in [5, 5.41) is 2.97. The number of aryl methyl sites for hydroxylation is 1. The maximum atomic E-state index is 13.0. The van der Waals surface area contributed by atoms with E-state index < -0.39 is 0 Å². The number of nitrogens with one attached hydrogen (secondary N) is 1. The first kappa shape index (κ1) is 19.7. The van der Waals surface area contributed by atoms with Gasteiger partial charge in [-0.2, -0.15) is 0 Å². The molecule has 1 atom stereocenters. The van der Waals surface area contributed by atoms with Gasteiger partial charge in [-0.15, -0.1) is 0 Å². The Labute approximate surface area is 174 Å². The number of furan rings is 1. The molecule has 0 aliphatic carbocycles. The SMILES string of the molecule is Cc1occc1C(=O)N1CCCC(C(=O)Nc2ccccc2Oc2cccnc2)C1. The number of anilines is 1. The van der Waals surface area contributed by atoms with E-state index in [0.717, 1.165) is 12.8 Å². The lowest BCUT2D eigenvalue weighted by atomic mass is 9.96. The highest BCUT2D eigenvalue weighted by Gasteiger charge is 2.30. The predicted octanol–water partition coefficient (Wildman–Crippen LogP) is 4.27. The summed E-state index contributed by atoms with van der Waals surface area (Å²) in [5.41, 5.74) is 1.13. The highest BCUT2D eigenvalue weighted by Crippen LogP contribution is 2.30. The van der Waals surface area contributed by atoms with Gasteiger partial charge >= 0.3 is 0 Å². The number of nitrogens with zero attached hydrogens (tertiary/aromatic N) is 2. The maximum absolute atomic E-state index is 13.0. The van der Waals surface area contributed by atoms with Crippen molar-refractivity contribution in [2.45, 2.75) is 19.8 Å². The van der Waals surface area contributed by atoms with Crippen LogP contribution in [0.4, 0.5) is 5.69 Å². The summed E-state index contributed by atoms with van der Waals surface area (Å²) < 4.78 is 11.1. The van der Waals surface area contributed by atoms with Gasteiger partial charge in [-0.3, -0.25) is 14.6 Å². The number of aromatic nitrogens is 1. The minimum atomic E-state index is -0.290. The molecular weight excluding hydrogens is 382 g/mol. The summed E-state index contributed by atoms with van der Waals surface area (Å²) in [5.74, 6) is 1.20. The minimum Gasteiger partial charge on any atom is -0.469 e. The van der Waals surface area contributed by atoms with Crippen LogP contribution in [0, 0.1) is 12.8 Å². The van der Waals surface area contributed by atoms with Gasteiger partial charge in [0.25, 0.3) is 5.91 Å². The summed E-state index contributed by atoms with van der Waals surface area (Å²) in [6.45, 7) is 2.77. The first-order valence-electron chi connectivity index (χ1n) is 9.93. The van der Waals surface area contributed by atoms with E-state index >= 15 is 0 Å². The topological polar surface area (TPSA) is 84.7 Å². The van der Waals surface area contributed by atoms with Crippen LogP contribution in [0.3, 0.4) is 0 Å². The molecule has 0 spiro atoms. The van der Waals surface area contributed by atoms with Crippen LogP contribution in [0.1, 0.15) is 29.0 Å². The second-order valence-corrected chi connectivity index (χ2v) is 7.26. The van der Waals surface area contributed by atoms with Gasteiger partial charge in [0, 0.05) is 19.3 Å². The first-order valence-corrected chi connectivity index (χ1v) is 9.93. The monoisotopic (exact) mass is 405 g/mol. The van der Waals surface area contributed by atoms with Gasteiger partial charge in [-0.25, -0.2) is 0 Å². The van der Waals surface area contributed by atoms with Crippen LogP contribution >= 0.6 is 0 Å². The molecule has 2 aromatic heterocycles. The van der Waals surface area contributed by atoms with Crippen molar-refractivity contribution in [2.75, 3.05) is 18.4 Å². The zero-order valence-corrected chi connectivity index (χ0v) is 16.7. The third-order valence-corrected chi connectivity index (χ3v) is 5.18. The number of ether oxygens (including phenoxy) is 1. The van der Waals surface area contributed by atoms with Gasteiger partial charge in [0.2, 0.25) is 5.91 Å². The van der Waals surface area contributed by atoms with Crippen molar-refractivity contribution < 1.29 is 18.7 Å². The lowest BCUT2D eigenvalue weighted by Gasteiger charge is -2.32. The van der Waals surface area contributed by atoms with Crippen LogP contribution in [0.2, 0.25) is 0 Å². The number of pyridine rings is 1. The summed E-state index contributed by atoms with van der Waals surface area (Å²) >= 11 is 0. The molecule has 154 valence electrons. The predicted molar refractivity (Wildman–Crippen MR) is 111 cm³/mol. The van der Waals surface area contributed by atoms with E-state index in [-0.39, 0.29) is 17.7 Å². The Morgan fingerprint density at radius 2 is 2.07 bits per heavy atom. The van der Waals surface area contributed by atoms with Crippen LogP contribution in [0.25, 0.3) is 0 Å². The quantitative estimate of drug-likeness (QED) is 0.685. The molecule has 7 heteroatoms. The molecule has 0 saturated carbocycles. The number of piperidine rings is 1. The number of rotatable bonds is 5. The van der Waals surface area contributed by atoms with E-state index in [9.17, 15) is 9.59 Å². The molecule has 3 heterocycles. The van der Waals surface area contributed by atoms with Gasteiger partial charge in [-0.1, -0.05) is 12.1 Å². The number of carbonyl (C=O) groups is 2. The number of para-hydroxylation sites is 2. The molecule has 3 aromatic rings. The number of hydrogen-bond acceptors (Lipinski definition) is 5. The van der Waals surface area contributed by atoms with Crippen molar-refractivity contribution in [1.82, 2.24) is 9.88 Å². The Morgan fingerprint density at radius 1 is 1.20 bits per heavy atom. The molecule has 0 radical (unpaired) electrons. The molecule has 1 aliphatic rings. The zero-order valence-electron chi connectivity index (χ0n) is 16.7. The molecular formula is C23H23N3O4. The van der Waals surface area contributed by atoms with E-state index in [4.69, 9.17) is 9.15 Å². The van der Waals surface area contributed by atoms with Crippen molar-refractivity contribution in [2.24, 2.45) is 5.92 Å². The van der Waals surface area contributed by atoms with Crippen LogP contribution in [-0.4, -0.2) is 34.8 Å². The van der Waals surface area contributed by atoms with Gasteiger partial charge in [0.1, 0.15) is 11.5 Å². The Bertz CT molecular complexity index is 1030. The van der Waals surface area contributed by atoms with Crippen LogP contribution in [-0.2, 0) is 4.79 Å². The molecule has 1 unspecified atom stereocenters. The largest absolute Gasteiger partial charge is 0.469 e. The lowest BCUT2D eigenvalue weighted by Crippen LogP contribution is -2.43. The van der Waals surface area contributed by atoms with Gasteiger partial charge in [-0.05, 0) is 50.1 Å². The van der Waals surface area contributed by atoms with Crippen LogP contribution in [0.5, 0.6) is 11.5 Å². The highest BCUT2D eigenvalue weighted by molar-refractivity contribution is 5.97. The third kappa shape index (κ3) is 4.35. The molecule has 4 rings (SSSR count). The number of carbonyl (C=O) groups excluding carboxylic acids is 2. The van der Waals surface area contributed by atoms with Crippen molar-refractivity contribution in [3.05, 3.63) is 72.4 Å². The number of amides is 2. The van der Waals surface area contributed by atoms with Crippen molar-refractivity contribution in [3.8, 4) is 11.5 Å². The van der Waals surface area contributed by atoms with Gasteiger partial charge < -0.3 is 19.4 Å². The summed E-state index contributed by atoms with van der Waals surface area (Å²) in [6, 6.07) is 12.5. The fraction of sp³-hybridized carbons (Fsp3) is 0.261. The Balaban J connectivity index is 1.44. The van der Waals surface area contributed by atoms with Crippen molar-refractivity contribution in [3.63, 3.8) is 0 Å². The average Bonchev–Trinajstić information content (AvgIpc) is 3.21. The second-order valence-electron chi connectivity index (χ2n) is 7.26. The smallest absolute Gasteiger partial charge is 0.257 e. The Morgan fingerprint density at radius 3 is 2.83 bits per heavy atom. The molecule has 30 heavy (non-hydrogen) atoms. The van der Waals surface area contributed by atoms with Gasteiger partial charge in [0.15, 0.2) is 5.75 Å². The second kappa shape index (κ2) is 8.82. The molecule has 1 aliphatic heterocycles. The highest BCUT2D eigenvalue weighted by atomic mass is 16.5. The fourth-order valence-electron chi connectivity index (χ4n) is 3.58. The molecule has 7 nitrogen and oxygen atoms in total. The summed E-state index contributed by atoms with van der Waals surface area (Å²) in [4.78, 5) is 31.5. The van der Waals surface area contributed by atoms with Crippen molar-refractivity contribution >= 4 is 17.5 Å². The molecule has 1 saturated heterocycles. The zero-order chi connectivity index (χ0) is 20.9. The fourth-order valence-corrected chi connectivity index (χ4v) is 3.58. The Kier molecular flexibility index (Phi) is 5.79. The van der Waals surface area contributed by atoms with E-state index in [1.54, 1.807) is 54.5 Å². The van der Waals surface area contributed by atoms with E-state index in [1.807, 2.05) is 12.1 Å². The summed E-state index contributed by atoms with van der Waals surface area (Å²) in [6.07, 6.45) is 6.29. The van der Waals surface area contributed by atoms with Crippen LogP contribution in [0.15, 0.2) is 65.5 Å². The maximum Gasteiger partial charge on any atom is 0.257 e. The molecule has 1 fully saturated rings. The van der Waals surface area contributed by atoms with E-state index in [2.05, 4.69) is 10.3 Å². The molecule has 1 N–H and O–H groups in total. The van der Waals surface area contributed by atoms with Gasteiger partial charge in [0.05, 0.1) is 29.6 Å². The third-order valence-electron chi connectivity index (χ3n) is 5.18. The Hall–Kier alpha value is -3.61.